The van der Waals surface area contributed by atoms with Gasteiger partial charge in [0.15, 0.2) is 5.76 Å². The molecule has 0 spiro atoms. The normalized spacial score (nSPS) is 12.5. The highest BCUT2D eigenvalue weighted by Gasteiger charge is 2.21. The van der Waals surface area contributed by atoms with Crippen LogP contribution in [0.3, 0.4) is 0 Å². The van der Waals surface area contributed by atoms with Crippen LogP contribution in [0, 0.1) is 0 Å². The first-order valence-corrected chi connectivity index (χ1v) is 12.3. The number of carbonyl (C=O) groups excluding carboxylic acids is 1. The minimum Gasteiger partial charge on any atom is -0.438 e. The average Bonchev–Trinajstić information content (AvgIpc) is 3.40. The highest BCUT2D eigenvalue weighted by molar-refractivity contribution is 6.30. The van der Waals surface area contributed by atoms with Gasteiger partial charge in [-0.1, -0.05) is 23.7 Å². The molecule has 3 aromatic carbocycles. The summed E-state index contributed by atoms with van der Waals surface area (Å²) in [6, 6.07) is 18.4. The number of oxazole rings is 1. The van der Waals surface area contributed by atoms with E-state index >= 15 is 0 Å². The minimum absolute atomic E-state index is 0.0460. The quantitative estimate of drug-likeness (QED) is 0.156. The summed E-state index contributed by atoms with van der Waals surface area (Å²) in [4.78, 5) is 23.7. The molecule has 0 radical (unpaired) electrons. The molecule has 0 fully saturated rings. The van der Waals surface area contributed by atoms with Crippen LogP contribution in [-0.4, -0.2) is 44.0 Å². The summed E-state index contributed by atoms with van der Waals surface area (Å²) in [5.41, 5.74) is 7.90. The molecule has 192 valence electrons. The summed E-state index contributed by atoms with van der Waals surface area (Å²) in [6.45, 7) is -0.459. The third-order valence-corrected chi connectivity index (χ3v) is 6.21. The predicted molar refractivity (Wildman–Crippen MR) is 147 cm³/mol. The number of alkyl halides is 1. The van der Waals surface area contributed by atoms with Crippen molar-refractivity contribution in [1.82, 2.24) is 10.3 Å². The van der Waals surface area contributed by atoms with E-state index in [9.17, 15) is 9.18 Å². The Kier molecular flexibility index (Phi) is 8.40. The number of rotatable bonds is 10. The maximum absolute atomic E-state index is 13.2. The molecule has 0 saturated carbocycles. The lowest BCUT2D eigenvalue weighted by Gasteiger charge is -2.16. The van der Waals surface area contributed by atoms with Crippen LogP contribution in [-0.2, 0) is 0 Å². The third kappa shape index (κ3) is 6.65. The number of carbonyl (C=O) groups is 1. The number of aliphatic imine (C=N–C) groups is 1. The van der Waals surface area contributed by atoms with Gasteiger partial charge in [0, 0.05) is 42.5 Å². The van der Waals surface area contributed by atoms with Gasteiger partial charge in [0.25, 0.3) is 5.91 Å². The second-order valence-electron chi connectivity index (χ2n) is 8.89. The number of anilines is 1. The molecular weight excluding hydrogens is 493 g/mol. The summed E-state index contributed by atoms with van der Waals surface area (Å²) < 4.78 is 18.6. The number of nitrogens with zero attached hydrogens (tertiary/aromatic N) is 3. The van der Waals surface area contributed by atoms with Gasteiger partial charge in [0.2, 0.25) is 5.89 Å². The van der Waals surface area contributed by atoms with E-state index in [0.717, 1.165) is 22.0 Å². The molecule has 0 bridgehead atoms. The molecular formula is C28H29ClFN5O2. The van der Waals surface area contributed by atoms with Gasteiger partial charge in [-0.15, -0.1) is 0 Å². The van der Waals surface area contributed by atoms with E-state index in [4.69, 9.17) is 21.8 Å². The Morgan fingerprint density at radius 2 is 1.86 bits per heavy atom. The number of nitrogens with one attached hydrogen (secondary N) is 1. The number of fused-ring (bicyclic) bond motifs is 1. The first-order valence-electron chi connectivity index (χ1n) is 11.9. The zero-order chi connectivity index (χ0) is 26.4. The first kappa shape index (κ1) is 26.2. The van der Waals surface area contributed by atoms with Crippen molar-refractivity contribution < 1.29 is 13.6 Å². The standard InChI is InChI=1S/C28H29ClFN5O2/c1-35(2)23-12-9-19-14-21(6-5-20(19)15-23)27(36)34-24(4-3-13-32-26(31)16-30)28-33-17-25(37-28)18-7-10-22(29)11-8-18/h5-12,14-15,17,24H,3-4,13,16H2,1-2H3,(H2,31,32)(H,34,36)/t24-/m0/s1. The van der Waals surface area contributed by atoms with Crippen LogP contribution in [0.4, 0.5) is 10.1 Å². The SMILES string of the molecule is CN(C)c1ccc2cc(C(=O)N[C@@H](CCCN=C(N)CF)c3ncc(-c4ccc(Cl)cc4)o3)ccc2c1. The molecule has 0 saturated heterocycles. The van der Waals surface area contributed by atoms with Crippen molar-refractivity contribution in [3.63, 3.8) is 0 Å². The zero-order valence-electron chi connectivity index (χ0n) is 20.7. The molecule has 0 aliphatic heterocycles. The molecule has 1 aromatic heterocycles. The van der Waals surface area contributed by atoms with Gasteiger partial charge in [0.1, 0.15) is 18.6 Å². The minimum atomic E-state index is -0.789. The fraction of sp³-hybridized carbons (Fsp3) is 0.250. The third-order valence-electron chi connectivity index (χ3n) is 5.96. The largest absolute Gasteiger partial charge is 0.438 e. The number of aromatic nitrogens is 1. The van der Waals surface area contributed by atoms with Gasteiger partial charge in [0.05, 0.1) is 6.20 Å². The summed E-state index contributed by atoms with van der Waals surface area (Å²) in [5, 5.41) is 5.67. The molecule has 0 unspecified atom stereocenters. The molecule has 9 heteroatoms. The lowest BCUT2D eigenvalue weighted by Crippen LogP contribution is -2.29. The summed E-state index contributed by atoms with van der Waals surface area (Å²) >= 11 is 5.99. The number of amidine groups is 1. The molecule has 3 N–H and O–H groups in total. The molecule has 1 amide bonds. The van der Waals surface area contributed by atoms with Crippen LogP contribution in [0.15, 0.2) is 76.3 Å². The smallest absolute Gasteiger partial charge is 0.251 e. The Labute approximate surface area is 220 Å². The van der Waals surface area contributed by atoms with Crippen molar-refractivity contribution >= 4 is 39.8 Å². The maximum atomic E-state index is 13.2. The van der Waals surface area contributed by atoms with Gasteiger partial charge >= 0.3 is 0 Å². The number of hydrogen-bond donors (Lipinski definition) is 2. The van der Waals surface area contributed by atoms with E-state index in [1.54, 1.807) is 24.4 Å². The Hall–Kier alpha value is -3.91. The molecule has 1 heterocycles. The van der Waals surface area contributed by atoms with Crippen LogP contribution in [0.1, 0.15) is 35.1 Å². The first-order chi connectivity index (χ1) is 17.8. The van der Waals surface area contributed by atoms with E-state index in [-0.39, 0.29) is 11.7 Å². The number of amides is 1. The van der Waals surface area contributed by atoms with Crippen molar-refractivity contribution in [2.24, 2.45) is 10.7 Å². The number of halogens is 2. The fourth-order valence-corrected chi connectivity index (χ4v) is 4.03. The van der Waals surface area contributed by atoms with E-state index in [1.807, 2.05) is 55.4 Å². The number of hydrogen-bond acceptors (Lipinski definition) is 5. The van der Waals surface area contributed by atoms with Crippen LogP contribution in [0.5, 0.6) is 0 Å². The van der Waals surface area contributed by atoms with Gasteiger partial charge in [-0.25, -0.2) is 9.37 Å². The van der Waals surface area contributed by atoms with Gasteiger partial charge in [-0.05, 0) is 72.1 Å². The lowest BCUT2D eigenvalue weighted by molar-refractivity contribution is 0.0927. The van der Waals surface area contributed by atoms with E-state index in [2.05, 4.69) is 21.4 Å². The van der Waals surface area contributed by atoms with Crippen LogP contribution >= 0.6 is 11.6 Å². The Bertz CT molecular complexity index is 1400. The Balaban J connectivity index is 1.55. The van der Waals surface area contributed by atoms with E-state index in [0.29, 0.717) is 41.6 Å². The fourth-order valence-electron chi connectivity index (χ4n) is 3.91. The van der Waals surface area contributed by atoms with E-state index in [1.165, 1.54) is 0 Å². The molecule has 4 rings (SSSR count). The van der Waals surface area contributed by atoms with Gasteiger partial charge in [-0.3, -0.25) is 9.79 Å². The summed E-state index contributed by atoms with van der Waals surface area (Å²) in [5.74, 6) is 0.641. The topological polar surface area (TPSA) is 96.8 Å². The van der Waals surface area contributed by atoms with Crippen LogP contribution in [0.2, 0.25) is 5.02 Å². The van der Waals surface area contributed by atoms with E-state index < -0.39 is 12.7 Å². The summed E-state index contributed by atoms with van der Waals surface area (Å²) in [6.07, 6.45) is 2.65. The van der Waals surface area contributed by atoms with Crippen molar-refractivity contribution in [2.75, 3.05) is 32.2 Å². The summed E-state index contributed by atoms with van der Waals surface area (Å²) in [7, 11) is 3.97. The highest BCUT2D eigenvalue weighted by atomic mass is 35.5. The second kappa shape index (κ2) is 11.9. The Morgan fingerprint density at radius 3 is 2.59 bits per heavy atom. The van der Waals surface area contributed by atoms with Gasteiger partial charge < -0.3 is 20.4 Å². The van der Waals surface area contributed by atoms with Crippen molar-refractivity contribution in [3.05, 3.63) is 83.3 Å². The molecule has 7 nitrogen and oxygen atoms in total. The zero-order valence-corrected chi connectivity index (χ0v) is 21.5. The monoisotopic (exact) mass is 521 g/mol. The number of nitrogens with two attached hydrogens (primary N) is 1. The van der Waals surface area contributed by atoms with Crippen molar-refractivity contribution in [3.8, 4) is 11.3 Å². The Morgan fingerprint density at radius 1 is 1.14 bits per heavy atom. The maximum Gasteiger partial charge on any atom is 0.251 e. The van der Waals surface area contributed by atoms with Crippen molar-refractivity contribution in [2.45, 2.75) is 18.9 Å². The molecule has 4 aromatic rings. The average molecular weight is 522 g/mol. The van der Waals surface area contributed by atoms with Crippen molar-refractivity contribution in [1.29, 1.82) is 0 Å². The molecule has 37 heavy (non-hydrogen) atoms. The van der Waals surface area contributed by atoms with Gasteiger partial charge in [-0.2, -0.15) is 0 Å². The lowest BCUT2D eigenvalue weighted by atomic mass is 10.0. The van der Waals surface area contributed by atoms with Crippen LogP contribution < -0.4 is 16.0 Å². The molecule has 0 aliphatic rings. The number of benzene rings is 3. The highest BCUT2D eigenvalue weighted by Crippen LogP contribution is 2.27. The molecule has 1 atom stereocenters. The van der Waals surface area contributed by atoms with Crippen LogP contribution in [0.25, 0.3) is 22.1 Å². The predicted octanol–water partition coefficient (Wildman–Crippen LogP) is 5.79. The second-order valence-corrected chi connectivity index (χ2v) is 9.32. The molecule has 0 aliphatic carbocycles.